The van der Waals surface area contributed by atoms with E-state index in [4.69, 9.17) is 0 Å². The number of anilines is 1. The number of fused-ring (bicyclic) bond motifs is 1. The summed E-state index contributed by atoms with van der Waals surface area (Å²) in [5.41, 5.74) is 2.43. The van der Waals surface area contributed by atoms with E-state index < -0.39 is 0 Å². The molecule has 3 rings (SSSR count). The van der Waals surface area contributed by atoms with Crippen molar-refractivity contribution in [2.75, 3.05) is 29.9 Å². The maximum Gasteiger partial charge on any atom is 0.225 e. The Labute approximate surface area is 118 Å². The van der Waals surface area contributed by atoms with Gasteiger partial charge in [0.15, 0.2) is 0 Å². The van der Waals surface area contributed by atoms with Crippen LogP contribution in [0, 0.1) is 11.8 Å². The van der Waals surface area contributed by atoms with Gasteiger partial charge in [-0.05, 0) is 41.9 Å². The Hall–Kier alpha value is -1.16. The zero-order valence-corrected chi connectivity index (χ0v) is 11.8. The first-order valence-electron chi connectivity index (χ1n) is 7.00. The van der Waals surface area contributed by atoms with Crippen molar-refractivity contribution in [1.29, 1.82) is 0 Å². The molecule has 1 amide bonds. The lowest BCUT2D eigenvalue weighted by Gasteiger charge is -2.25. The third kappa shape index (κ3) is 3.06. The monoisotopic (exact) mass is 276 g/mol. The fourth-order valence-corrected chi connectivity index (χ4v) is 4.05. The summed E-state index contributed by atoms with van der Waals surface area (Å²) in [5, 5.41) is 6.49. The van der Waals surface area contributed by atoms with E-state index in [0.717, 1.165) is 19.5 Å². The first-order valence-corrected chi connectivity index (χ1v) is 8.15. The normalized spacial score (nSPS) is 25.5. The van der Waals surface area contributed by atoms with Gasteiger partial charge in [0.05, 0.1) is 5.92 Å². The van der Waals surface area contributed by atoms with Crippen LogP contribution in [0.15, 0.2) is 24.3 Å². The Morgan fingerprint density at radius 1 is 1.42 bits per heavy atom. The average Bonchev–Trinajstić information content (AvgIpc) is 2.97. The molecule has 4 heteroatoms. The van der Waals surface area contributed by atoms with Gasteiger partial charge in [0.1, 0.15) is 0 Å². The van der Waals surface area contributed by atoms with Gasteiger partial charge in [-0.1, -0.05) is 18.2 Å². The molecule has 0 aliphatic carbocycles. The first-order chi connectivity index (χ1) is 9.33. The second-order valence-electron chi connectivity index (χ2n) is 5.41. The molecule has 1 fully saturated rings. The fraction of sp³-hybridized carbons (Fsp3) is 0.533. The summed E-state index contributed by atoms with van der Waals surface area (Å²) in [5.74, 6) is 3.41. The highest BCUT2D eigenvalue weighted by Gasteiger charge is 2.25. The Morgan fingerprint density at radius 3 is 3.16 bits per heavy atom. The van der Waals surface area contributed by atoms with Crippen LogP contribution in [-0.4, -0.2) is 30.5 Å². The smallest absolute Gasteiger partial charge is 0.225 e. The average molecular weight is 276 g/mol. The first kappa shape index (κ1) is 12.9. The number of hydrogen-bond donors (Lipinski definition) is 2. The van der Waals surface area contributed by atoms with Crippen LogP contribution in [0.2, 0.25) is 0 Å². The molecule has 0 bridgehead atoms. The van der Waals surface area contributed by atoms with E-state index in [0.29, 0.717) is 5.92 Å². The van der Waals surface area contributed by atoms with Crippen LogP contribution in [-0.2, 0) is 11.2 Å². The molecule has 2 N–H and O–H groups in total. The molecule has 19 heavy (non-hydrogen) atoms. The van der Waals surface area contributed by atoms with Crippen LogP contribution in [0.5, 0.6) is 0 Å². The molecule has 2 aliphatic rings. The number of amides is 1. The lowest BCUT2D eigenvalue weighted by molar-refractivity contribution is -0.124. The third-order valence-corrected chi connectivity index (χ3v) is 5.21. The second-order valence-corrected chi connectivity index (χ2v) is 6.56. The highest BCUT2D eigenvalue weighted by atomic mass is 32.2. The van der Waals surface area contributed by atoms with E-state index in [2.05, 4.69) is 22.8 Å². The molecule has 1 saturated heterocycles. The van der Waals surface area contributed by atoms with Crippen molar-refractivity contribution in [3.63, 3.8) is 0 Å². The van der Waals surface area contributed by atoms with Crippen molar-refractivity contribution in [2.24, 2.45) is 11.8 Å². The maximum absolute atomic E-state index is 12.2. The lowest BCUT2D eigenvalue weighted by Crippen LogP contribution is -2.40. The Kier molecular flexibility index (Phi) is 3.97. The Morgan fingerprint density at radius 2 is 2.32 bits per heavy atom. The number of para-hydroxylation sites is 1. The summed E-state index contributed by atoms with van der Waals surface area (Å²) in [4.78, 5) is 12.2. The number of nitrogens with one attached hydrogen (secondary N) is 2. The van der Waals surface area contributed by atoms with Crippen molar-refractivity contribution in [3.8, 4) is 0 Å². The van der Waals surface area contributed by atoms with Gasteiger partial charge in [-0.2, -0.15) is 11.8 Å². The molecule has 0 radical (unpaired) electrons. The molecule has 1 aromatic rings. The number of hydrogen-bond acceptors (Lipinski definition) is 3. The van der Waals surface area contributed by atoms with Gasteiger partial charge in [0.2, 0.25) is 5.91 Å². The molecule has 2 atom stereocenters. The number of carbonyl (C=O) groups is 1. The van der Waals surface area contributed by atoms with E-state index in [1.165, 1.54) is 29.2 Å². The van der Waals surface area contributed by atoms with Gasteiger partial charge in [-0.15, -0.1) is 0 Å². The van der Waals surface area contributed by atoms with Crippen molar-refractivity contribution in [1.82, 2.24) is 5.32 Å². The molecule has 0 aromatic heterocycles. The predicted octanol–water partition coefficient (Wildman–Crippen LogP) is 2.14. The van der Waals surface area contributed by atoms with Crippen molar-refractivity contribution < 1.29 is 4.79 Å². The number of rotatable bonds is 3. The maximum atomic E-state index is 12.2. The standard InChI is InChI=1S/C15H20N2OS/c18-15(17-8-11-5-6-19-10-11)13-7-12-3-1-2-4-14(12)16-9-13/h1-4,11,13,16H,5-10H2,(H,17,18). The minimum absolute atomic E-state index is 0.0731. The van der Waals surface area contributed by atoms with Crippen LogP contribution in [0.3, 0.4) is 0 Å². The molecule has 2 unspecified atom stereocenters. The predicted molar refractivity (Wildman–Crippen MR) is 80.6 cm³/mol. The number of thioether (sulfide) groups is 1. The summed E-state index contributed by atoms with van der Waals surface area (Å²) in [6.07, 6.45) is 2.10. The van der Waals surface area contributed by atoms with E-state index >= 15 is 0 Å². The topological polar surface area (TPSA) is 41.1 Å². The highest BCUT2D eigenvalue weighted by Crippen LogP contribution is 2.25. The molecular formula is C15H20N2OS. The summed E-state index contributed by atoms with van der Waals surface area (Å²) in [6.45, 7) is 1.60. The summed E-state index contributed by atoms with van der Waals surface area (Å²) in [6, 6.07) is 8.26. The van der Waals surface area contributed by atoms with Crippen molar-refractivity contribution >= 4 is 23.4 Å². The van der Waals surface area contributed by atoms with E-state index in [1.807, 2.05) is 23.9 Å². The molecule has 2 heterocycles. The van der Waals surface area contributed by atoms with Crippen LogP contribution in [0.25, 0.3) is 0 Å². The Balaban J connectivity index is 1.54. The molecular weight excluding hydrogens is 256 g/mol. The number of benzene rings is 1. The summed E-state index contributed by atoms with van der Waals surface area (Å²) >= 11 is 2.00. The van der Waals surface area contributed by atoms with Crippen LogP contribution < -0.4 is 10.6 Å². The molecule has 0 spiro atoms. The zero-order valence-electron chi connectivity index (χ0n) is 11.0. The highest BCUT2D eigenvalue weighted by molar-refractivity contribution is 7.99. The van der Waals surface area contributed by atoms with E-state index in [9.17, 15) is 4.79 Å². The minimum atomic E-state index is 0.0731. The SMILES string of the molecule is O=C(NCC1CCSC1)C1CNc2ccccc2C1. The third-order valence-electron chi connectivity index (χ3n) is 3.98. The van der Waals surface area contributed by atoms with Gasteiger partial charge in [0.25, 0.3) is 0 Å². The fourth-order valence-electron chi connectivity index (χ4n) is 2.76. The largest absolute Gasteiger partial charge is 0.384 e. The molecule has 102 valence electrons. The van der Waals surface area contributed by atoms with Gasteiger partial charge in [-0.25, -0.2) is 0 Å². The molecule has 3 nitrogen and oxygen atoms in total. The minimum Gasteiger partial charge on any atom is -0.384 e. The van der Waals surface area contributed by atoms with Gasteiger partial charge in [-0.3, -0.25) is 4.79 Å². The van der Waals surface area contributed by atoms with Crippen molar-refractivity contribution in [3.05, 3.63) is 29.8 Å². The van der Waals surface area contributed by atoms with Gasteiger partial charge < -0.3 is 10.6 Å². The lowest BCUT2D eigenvalue weighted by atomic mass is 9.93. The molecule has 1 aromatic carbocycles. The molecule has 2 aliphatic heterocycles. The second kappa shape index (κ2) is 5.87. The Bertz CT molecular complexity index is 457. The van der Waals surface area contributed by atoms with Crippen LogP contribution in [0.4, 0.5) is 5.69 Å². The van der Waals surface area contributed by atoms with E-state index in [1.54, 1.807) is 0 Å². The number of carbonyl (C=O) groups excluding carboxylic acids is 1. The summed E-state index contributed by atoms with van der Waals surface area (Å²) in [7, 11) is 0. The molecule has 0 saturated carbocycles. The van der Waals surface area contributed by atoms with E-state index in [-0.39, 0.29) is 11.8 Å². The van der Waals surface area contributed by atoms with Gasteiger partial charge >= 0.3 is 0 Å². The quantitative estimate of drug-likeness (QED) is 0.889. The zero-order chi connectivity index (χ0) is 13.1. The van der Waals surface area contributed by atoms with Crippen molar-refractivity contribution in [2.45, 2.75) is 12.8 Å². The van der Waals surface area contributed by atoms with Crippen LogP contribution >= 0.6 is 11.8 Å². The van der Waals surface area contributed by atoms with Gasteiger partial charge in [0, 0.05) is 18.8 Å². The summed E-state index contributed by atoms with van der Waals surface area (Å²) < 4.78 is 0. The van der Waals surface area contributed by atoms with Crippen LogP contribution in [0.1, 0.15) is 12.0 Å².